The van der Waals surface area contributed by atoms with E-state index in [1.165, 1.54) is 0 Å². The van der Waals surface area contributed by atoms with Gasteiger partial charge in [0.25, 0.3) is 0 Å². The van der Waals surface area contributed by atoms with E-state index in [0.29, 0.717) is 6.42 Å². The van der Waals surface area contributed by atoms with Crippen molar-refractivity contribution in [1.29, 1.82) is 0 Å². The topological polar surface area (TPSA) is 92.4 Å². The summed E-state index contributed by atoms with van der Waals surface area (Å²) in [7, 11) is -3.85. The van der Waals surface area contributed by atoms with E-state index in [2.05, 4.69) is 4.72 Å². The molecule has 0 saturated heterocycles. The molecule has 0 aliphatic carbocycles. The maximum Gasteiger partial charge on any atom is 0.240 e. The summed E-state index contributed by atoms with van der Waals surface area (Å²) in [5.41, 5.74) is 5.41. The first-order valence-corrected chi connectivity index (χ1v) is 7.07. The number of aliphatic hydroxyl groups is 1. The summed E-state index contributed by atoms with van der Waals surface area (Å²) >= 11 is 0. The number of hydrogen-bond acceptors (Lipinski definition) is 4. The lowest BCUT2D eigenvalue weighted by molar-refractivity contribution is 0.167. The number of rotatable bonds is 6. The molecular formula is C11H17FN2O3S. The first kappa shape index (κ1) is 14.9. The lowest BCUT2D eigenvalue weighted by Gasteiger charge is -2.11. The largest absolute Gasteiger partial charge is 0.399 e. The Kier molecular flexibility index (Phi) is 5.06. The minimum Gasteiger partial charge on any atom is -0.399 e. The van der Waals surface area contributed by atoms with Crippen LogP contribution >= 0.6 is 0 Å². The first-order chi connectivity index (χ1) is 8.35. The van der Waals surface area contributed by atoms with E-state index in [4.69, 9.17) is 5.73 Å². The highest BCUT2D eigenvalue weighted by atomic mass is 32.2. The Morgan fingerprint density at radius 3 is 2.67 bits per heavy atom. The van der Waals surface area contributed by atoms with E-state index in [1.807, 2.05) is 6.92 Å². The lowest BCUT2D eigenvalue weighted by atomic mass is 10.2. The van der Waals surface area contributed by atoms with Gasteiger partial charge in [0, 0.05) is 12.2 Å². The molecule has 18 heavy (non-hydrogen) atoms. The van der Waals surface area contributed by atoms with Crippen LogP contribution in [0, 0.1) is 5.82 Å². The number of nitrogen functional groups attached to an aromatic ring is 1. The van der Waals surface area contributed by atoms with Gasteiger partial charge >= 0.3 is 0 Å². The van der Waals surface area contributed by atoms with Crippen LogP contribution in [0.25, 0.3) is 0 Å². The summed E-state index contributed by atoms with van der Waals surface area (Å²) in [5.74, 6) is -0.718. The minimum absolute atomic E-state index is 0.0319. The highest BCUT2D eigenvalue weighted by Gasteiger charge is 2.17. The normalized spacial score (nSPS) is 13.5. The van der Waals surface area contributed by atoms with Gasteiger partial charge in [-0.1, -0.05) is 13.3 Å². The fourth-order valence-corrected chi connectivity index (χ4v) is 2.60. The third-order valence-electron chi connectivity index (χ3n) is 2.33. The van der Waals surface area contributed by atoms with Crippen molar-refractivity contribution in [1.82, 2.24) is 4.72 Å². The van der Waals surface area contributed by atoms with Crippen molar-refractivity contribution in [3.63, 3.8) is 0 Å². The molecule has 0 heterocycles. The molecule has 4 N–H and O–H groups in total. The summed E-state index contributed by atoms with van der Waals surface area (Å²) in [6.07, 6.45) is 0.486. The van der Waals surface area contributed by atoms with E-state index in [0.717, 1.165) is 24.6 Å². The van der Waals surface area contributed by atoms with Crippen LogP contribution in [0.3, 0.4) is 0 Å². The van der Waals surface area contributed by atoms with Gasteiger partial charge in [-0.2, -0.15) is 0 Å². The molecule has 0 aromatic heterocycles. The predicted molar refractivity (Wildman–Crippen MR) is 66.9 cm³/mol. The Morgan fingerprint density at radius 1 is 1.44 bits per heavy atom. The zero-order valence-electron chi connectivity index (χ0n) is 10.1. The summed E-state index contributed by atoms with van der Waals surface area (Å²) in [4.78, 5) is -0.247. The minimum atomic E-state index is -3.85. The maximum absolute atomic E-state index is 13.1. The molecule has 1 atom stereocenters. The van der Waals surface area contributed by atoms with Gasteiger partial charge in [-0.15, -0.1) is 0 Å². The zero-order chi connectivity index (χ0) is 13.8. The van der Waals surface area contributed by atoms with Crippen molar-refractivity contribution in [3.05, 3.63) is 24.0 Å². The van der Waals surface area contributed by atoms with Gasteiger partial charge in [0.15, 0.2) is 0 Å². The molecule has 1 unspecified atom stereocenters. The van der Waals surface area contributed by atoms with Gasteiger partial charge in [0.2, 0.25) is 10.0 Å². The molecule has 102 valence electrons. The van der Waals surface area contributed by atoms with Gasteiger partial charge < -0.3 is 10.8 Å². The highest BCUT2D eigenvalue weighted by molar-refractivity contribution is 7.89. The number of benzene rings is 1. The van der Waals surface area contributed by atoms with Crippen LogP contribution in [-0.2, 0) is 10.0 Å². The molecule has 0 aliphatic rings. The summed E-state index contributed by atoms with van der Waals surface area (Å²) in [5, 5.41) is 9.44. The van der Waals surface area contributed by atoms with E-state index in [9.17, 15) is 17.9 Å². The van der Waals surface area contributed by atoms with Crippen molar-refractivity contribution in [3.8, 4) is 0 Å². The van der Waals surface area contributed by atoms with Gasteiger partial charge in [0.05, 0.1) is 11.0 Å². The Labute approximate surface area is 106 Å². The molecule has 1 aromatic rings. The Balaban J connectivity index is 2.80. The molecule has 1 rings (SSSR count). The molecule has 1 aromatic carbocycles. The van der Waals surface area contributed by atoms with Crippen LogP contribution in [0.4, 0.5) is 10.1 Å². The summed E-state index contributed by atoms with van der Waals surface area (Å²) in [6, 6.07) is 3.08. The van der Waals surface area contributed by atoms with Crippen molar-refractivity contribution in [2.45, 2.75) is 30.8 Å². The molecule has 0 amide bonds. The van der Waals surface area contributed by atoms with Gasteiger partial charge in [0.1, 0.15) is 5.82 Å². The first-order valence-electron chi connectivity index (χ1n) is 5.59. The molecule has 0 aliphatic heterocycles. The van der Waals surface area contributed by atoms with Crippen molar-refractivity contribution in [2.24, 2.45) is 0 Å². The van der Waals surface area contributed by atoms with E-state index in [-0.39, 0.29) is 17.1 Å². The Bertz CT molecular complexity index is 485. The standard InChI is InChI=1S/C11H17FN2O3S/c1-2-3-10(15)7-14-18(16,17)11-5-8(12)4-9(13)6-11/h4-6,10,14-15H,2-3,7,13H2,1H3. The molecular weight excluding hydrogens is 259 g/mol. The van der Waals surface area contributed by atoms with Crippen LogP contribution in [0.5, 0.6) is 0 Å². The smallest absolute Gasteiger partial charge is 0.240 e. The molecule has 0 radical (unpaired) electrons. The number of nitrogens with one attached hydrogen (secondary N) is 1. The molecule has 0 saturated carbocycles. The average molecular weight is 276 g/mol. The third-order valence-corrected chi connectivity index (χ3v) is 3.74. The summed E-state index contributed by atoms with van der Waals surface area (Å²) in [6.45, 7) is 1.78. The highest BCUT2D eigenvalue weighted by Crippen LogP contribution is 2.15. The quantitative estimate of drug-likeness (QED) is 0.671. The lowest BCUT2D eigenvalue weighted by Crippen LogP contribution is -2.32. The van der Waals surface area contributed by atoms with Crippen LogP contribution < -0.4 is 10.5 Å². The van der Waals surface area contributed by atoms with Crippen LogP contribution in [-0.4, -0.2) is 26.2 Å². The van der Waals surface area contributed by atoms with Gasteiger partial charge in [-0.3, -0.25) is 0 Å². The molecule has 0 spiro atoms. The Morgan fingerprint density at radius 2 is 2.11 bits per heavy atom. The number of aliphatic hydroxyl groups excluding tert-OH is 1. The molecule has 5 nitrogen and oxygen atoms in total. The molecule has 0 fully saturated rings. The second-order valence-electron chi connectivity index (χ2n) is 4.01. The van der Waals surface area contributed by atoms with Crippen LogP contribution in [0.15, 0.2) is 23.1 Å². The zero-order valence-corrected chi connectivity index (χ0v) is 10.9. The molecule has 7 heteroatoms. The monoisotopic (exact) mass is 276 g/mol. The van der Waals surface area contributed by atoms with E-state index >= 15 is 0 Å². The van der Waals surface area contributed by atoms with Gasteiger partial charge in [-0.25, -0.2) is 17.5 Å². The van der Waals surface area contributed by atoms with Crippen molar-refractivity contribution in [2.75, 3.05) is 12.3 Å². The van der Waals surface area contributed by atoms with Crippen molar-refractivity contribution >= 4 is 15.7 Å². The fourth-order valence-electron chi connectivity index (χ4n) is 1.46. The number of hydrogen-bond donors (Lipinski definition) is 3. The van der Waals surface area contributed by atoms with E-state index in [1.54, 1.807) is 0 Å². The number of nitrogens with two attached hydrogens (primary N) is 1. The third kappa shape index (κ3) is 4.25. The number of anilines is 1. The summed E-state index contributed by atoms with van der Waals surface area (Å²) < 4.78 is 38.9. The predicted octanol–water partition coefficient (Wildman–Crippen LogP) is 0.847. The second kappa shape index (κ2) is 6.12. The Hall–Kier alpha value is -1.18. The maximum atomic E-state index is 13.1. The molecule has 0 bridgehead atoms. The van der Waals surface area contributed by atoms with Crippen molar-refractivity contribution < 1.29 is 17.9 Å². The number of sulfonamides is 1. The van der Waals surface area contributed by atoms with E-state index < -0.39 is 21.9 Å². The van der Waals surface area contributed by atoms with Crippen LogP contribution in [0.1, 0.15) is 19.8 Å². The average Bonchev–Trinajstić information content (AvgIpc) is 2.26. The number of halogens is 1. The second-order valence-corrected chi connectivity index (χ2v) is 5.78. The van der Waals surface area contributed by atoms with Crippen LogP contribution in [0.2, 0.25) is 0 Å². The SMILES string of the molecule is CCCC(O)CNS(=O)(=O)c1cc(N)cc(F)c1. The van der Waals surface area contributed by atoms with Gasteiger partial charge in [-0.05, 0) is 24.6 Å². The fraction of sp³-hybridized carbons (Fsp3) is 0.455.